The van der Waals surface area contributed by atoms with Crippen LogP contribution in [0.4, 0.5) is 0 Å². The van der Waals surface area contributed by atoms with Gasteiger partial charge < -0.3 is 24.8 Å². The van der Waals surface area contributed by atoms with Crippen molar-refractivity contribution in [2.24, 2.45) is 0 Å². The first-order valence-corrected chi connectivity index (χ1v) is 6.56. The Morgan fingerprint density at radius 1 is 1.35 bits per heavy atom. The number of aliphatic hydroxyl groups excluding tert-OH is 1. The molecule has 1 aliphatic heterocycles. The van der Waals surface area contributed by atoms with Gasteiger partial charge >= 0.3 is 0 Å². The highest BCUT2D eigenvalue weighted by Crippen LogP contribution is 1.99. The van der Waals surface area contributed by atoms with Crippen molar-refractivity contribution in [3.63, 3.8) is 0 Å². The maximum atomic E-state index is 9.84. The zero-order valence-electron chi connectivity index (χ0n) is 11.0. The SMILES string of the molecule is CCN(CC)CC(O)CNCC1COCCO1. The summed E-state index contributed by atoms with van der Waals surface area (Å²) < 4.78 is 10.8. The van der Waals surface area contributed by atoms with Crippen molar-refractivity contribution in [2.45, 2.75) is 26.1 Å². The molecule has 0 aromatic heterocycles. The van der Waals surface area contributed by atoms with Gasteiger partial charge in [0, 0.05) is 19.6 Å². The van der Waals surface area contributed by atoms with Crippen LogP contribution in [0.25, 0.3) is 0 Å². The number of rotatable bonds is 8. The lowest BCUT2D eigenvalue weighted by Gasteiger charge is -2.25. The second kappa shape index (κ2) is 8.83. The molecule has 0 radical (unpaired) electrons. The number of nitrogens with one attached hydrogen (secondary N) is 1. The topological polar surface area (TPSA) is 54.0 Å². The first-order valence-electron chi connectivity index (χ1n) is 6.56. The van der Waals surface area contributed by atoms with Crippen molar-refractivity contribution in [3.8, 4) is 0 Å². The molecule has 1 aliphatic rings. The molecule has 1 heterocycles. The van der Waals surface area contributed by atoms with Crippen LogP contribution >= 0.6 is 0 Å². The van der Waals surface area contributed by atoms with Gasteiger partial charge in [-0.3, -0.25) is 0 Å². The molecule has 2 atom stereocenters. The highest BCUT2D eigenvalue weighted by molar-refractivity contribution is 4.69. The Hall–Kier alpha value is -0.200. The predicted octanol–water partition coefficient (Wildman–Crippen LogP) is -0.306. The Labute approximate surface area is 104 Å². The van der Waals surface area contributed by atoms with E-state index < -0.39 is 0 Å². The molecule has 0 bridgehead atoms. The van der Waals surface area contributed by atoms with Crippen LogP contribution in [0.2, 0.25) is 0 Å². The third-order valence-electron chi connectivity index (χ3n) is 3.00. The van der Waals surface area contributed by atoms with E-state index in [-0.39, 0.29) is 12.2 Å². The average Bonchev–Trinajstić information content (AvgIpc) is 2.37. The van der Waals surface area contributed by atoms with E-state index >= 15 is 0 Å². The summed E-state index contributed by atoms with van der Waals surface area (Å²) in [5, 5.41) is 13.1. The van der Waals surface area contributed by atoms with E-state index in [9.17, 15) is 5.11 Å². The van der Waals surface area contributed by atoms with Crippen LogP contribution in [-0.4, -0.2) is 74.8 Å². The number of ether oxygens (including phenoxy) is 2. The minimum atomic E-state index is -0.320. The van der Waals surface area contributed by atoms with Crippen LogP contribution in [0.1, 0.15) is 13.8 Å². The second-order valence-corrected chi connectivity index (χ2v) is 4.37. The van der Waals surface area contributed by atoms with Crippen molar-refractivity contribution < 1.29 is 14.6 Å². The van der Waals surface area contributed by atoms with Gasteiger partial charge in [0.1, 0.15) is 0 Å². The fourth-order valence-electron chi connectivity index (χ4n) is 1.91. The van der Waals surface area contributed by atoms with Crippen LogP contribution < -0.4 is 5.32 Å². The molecule has 5 heteroatoms. The van der Waals surface area contributed by atoms with Gasteiger partial charge in [-0.25, -0.2) is 0 Å². The molecule has 17 heavy (non-hydrogen) atoms. The molecule has 0 saturated carbocycles. The standard InChI is InChI=1S/C12H26N2O3/c1-3-14(4-2)9-11(15)7-13-8-12-10-16-5-6-17-12/h11-13,15H,3-10H2,1-2H3. The molecule has 0 aromatic rings. The molecule has 0 amide bonds. The third kappa shape index (κ3) is 6.33. The third-order valence-corrected chi connectivity index (χ3v) is 3.00. The molecule has 5 nitrogen and oxygen atoms in total. The molecule has 0 spiro atoms. The molecule has 1 saturated heterocycles. The van der Waals surface area contributed by atoms with Gasteiger partial charge in [-0.05, 0) is 13.1 Å². The van der Waals surface area contributed by atoms with Gasteiger partial charge in [0.15, 0.2) is 0 Å². The van der Waals surface area contributed by atoms with Crippen molar-refractivity contribution in [3.05, 3.63) is 0 Å². The lowest BCUT2D eigenvalue weighted by molar-refractivity contribution is -0.0868. The highest BCUT2D eigenvalue weighted by atomic mass is 16.6. The smallest absolute Gasteiger partial charge is 0.0933 e. The lowest BCUT2D eigenvalue weighted by atomic mass is 10.3. The summed E-state index contributed by atoms with van der Waals surface area (Å²) in [5.41, 5.74) is 0. The first kappa shape index (κ1) is 14.9. The van der Waals surface area contributed by atoms with Crippen molar-refractivity contribution in [1.29, 1.82) is 0 Å². The van der Waals surface area contributed by atoms with Gasteiger partial charge in [-0.2, -0.15) is 0 Å². The largest absolute Gasteiger partial charge is 0.390 e. The number of hydrogen-bond donors (Lipinski definition) is 2. The van der Waals surface area contributed by atoms with Crippen LogP contribution in [0.15, 0.2) is 0 Å². The Bertz CT molecular complexity index is 183. The normalized spacial score (nSPS) is 22.9. The monoisotopic (exact) mass is 246 g/mol. The van der Waals surface area contributed by atoms with Gasteiger partial charge in [0.2, 0.25) is 0 Å². The summed E-state index contributed by atoms with van der Waals surface area (Å²) in [5.74, 6) is 0. The maximum absolute atomic E-state index is 9.84. The molecule has 2 unspecified atom stereocenters. The van der Waals surface area contributed by atoms with Crippen LogP contribution in [-0.2, 0) is 9.47 Å². The Morgan fingerprint density at radius 3 is 2.71 bits per heavy atom. The molecule has 1 rings (SSSR count). The minimum absolute atomic E-state index is 0.129. The summed E-state index contributed by atoms with van der Waals surface area (Å²) in [6.07, 6.45) is -0.191. The van der Waals surface area contributed by atoms with E-state index in [1.54, 1.807) is 0 Å². The van der Waals surface area contributed by atoms with Crippen molar-refractivity contribution in [2.75, 3.05) is 52.5 Å². The average molecular weight is 246 g/mol. The Balaban J connectivity index is 2.04. The number of likely N-dealkylation sites (N-methyl/N-ethyl adjacent to an activating group) is 1. The van der Waals surface area contributed by atoms with Crippen LogP contribution in [0, 0.1) is 0 Å². The molecule has 0 aliphatic carbocycles. The van der Waals surface area contributed by atoms with Gasteiger partial charge in [0.25, 0.3) is 0 Å². The lowest BCUT2D eigenvalue weighted by Crippen LogP contribution is -2.42. The number of nitrogens with zero attached hydrogens (tertiary/aromatic N) is 1. The van der Waals surface area contributed by atoms with Crippen molar-refractivity contribution in [1.82, 2.24) is 10.2 Å². The molecular formula is C12H26N2O3. The summed E-state index contributed by atoms with van der Waals surface area (Å²) >= 11 is 0. The van der Waals surface area contributed by atoms with Gasteiger partial charge in [-0.1, -0.05) is 13.8 Å². The molecule has 1 fully saturated rings. The number of aliphatic hydroxyl groups is 1. The summed E-state index contributed by atoms with van der Waals surface area (Å²) in [7, 11) is 0. The second-order valence-electron chi connectivity index (χ2n) is 4.37. The Kier molecular flexibility index (Phi) is 7.72. The zero-order valence-corrected chi connectivity index (χ0v) is 11.0. The quantitative estimate of drug-likeness (QED) is 0.615. The molecule has 2 N–H and O–H groups in total. The van der Waals surface area contributed by atoms with E-state index in [2.05, 4.69) is 24.1 Å². The van der Waals surface area contributed by atoms with E-state index in [0.717, 1.165) is 26.2 Å². The van der Waals surface area contributed by atoms with E-state index in [4.69, 9.17) is 9.47 Å². The van der Waals surface area contributed by atoms with Gasteiger partial charge in [0.05, 0.1) is 32.0 Å². The molecular weight excluding hydrogens is 220 g/mol. The van der Waals surface area contributed by atoms with E-state index in [1.807, 2.05) is 0 Å². The highest BCUT2D eigenvalue weighted by Gasteiger charge is 2.14. The summed E-state index contributed by atoms with van der Waals surface area (Å²) in [6.45, 7) is 10.3. The van der Waals surface area contributed by atoms with Crippen LogP contribution in [0.3, 0.4) is 0 Å². The minimum Gasteiger partial charge on any atom is -0.390 e. The molecule has 102 valence electrons. The molecule has 0 aromatic carbocycles. The fourth-order valence-corrected chi connectivity index (χ4v) is 1.91. The van der Waals surface area contributed by atoms with E-state index in [0.29, 0.717) is 26.4 Å². The maximum Gasteiger partial charge on any atom is 0.0933 e. The van der Waals surface area contributed by atoms with Crippen molar-refractivity contribution >= 4 is 0 Å². The fraction of sp³-hybridized carbons (Fsp3) is 1.00. The Morgan fingerprint density at radius 2 is 2.12 bits per heavy atom. The van der Waals surface area contributed by atoms with Gasteiger partial charge in [-0.15, -0.1) is 0 Å². The summed E-state index contributed by atoms with van der Waals surface area (Å²) in [6, 6.07) is 0. The number of hydrogen-bond acceptors (Lipinski definition) is 5. The first-order chi connectivity index (χ1) is 8.26. The summed E-state index contributed by atoms with van der Waals surface area (Å²) in [4.78, 5) is 2.21. The van der Waals surface area contributed by atoms with Crippen LogP contribution in [0.5, 0.6) is 0 Å². The zero-order chi connectivity index (χ0) is 12.5. The van der Waals surface area contributed by atoms with E-state index in [1.165, 1.54) is 0 Å². The predicted molar refractivity (Wildman–Crippen MR) is 67.2 cm³/mol.